The molecule has 1 aliphatic rings. The normalized spacial score (nSPS) is 25.5. The minimum absolute atomic E-state index is 0.0355. The molecule has 19 heavy (non-hydrogen) atoms. The lowest BCUT2D eigenvalue weighted by Crippen LogP contribution is -2.50. The summed E-state index contributed by atoms with van der Waals surface area (Å²) < 4.78 is 13.4. The summed E-state index contributed by atoms with van der Waals surface area (Å²) in [6.07, 6.45) is 0.843. The Morgan fingerprint density at radius 2 is 2.21 bits per heavy atom. The smallest absolute Gasteiger partial charge is 0.245 e. The molecule has 1 amide bonds. The van der Waals surface area contributed by atoms with E-state index in [4.69, 9.17) is 5.73 Å². The molecule has 0 aromatic heterocycles. The number of halogens is 1. The summed E-state index contributed by atoms with van der Waals surface area (Å²) in [4.78, 5) is 16.2. The molecule has 2 N–H and O–H groups in total. The number of nitrogens with two attached hydrogens (primary N) is 1. The molecule has 1 aromatic carbocycles. The van der Waals surface area contributed by atoms with Crippen LogP contribution in [0, 0.1) is 5.82 Å². The van der Waals surface area contributed by atoms with Crippen molar-refractivity contribution in [2.24, 2.45) is 5.73 Å². The van der Waals surface area contributed by atoms with E-state index in [2.05, 4.69) is 0 Å². The Hall–Kier alpha value is -1.46. The highest BCUT2D eigenvalue weighted by atomic mass is 19.1. The number of carbonyl (C=O) groups excluding carboxylic acids is 1. The molecule has 0 spiro atoms. The first-order valence-corrected chi connectivity index (χ1v) is 6.53. The SMILES string of the molecule is CC1CCN(C)C(CN)C(=O)N1c1cccc(F)c1. The van der Waals surface area contributed by atoms with Gasteiger partial charge in [-0.1, -0.05) is 6.07 Å². The molecule has 2 atom stereocenters. The number of likely N-dealkylation sites (N-methyl/N-ethyl adjacent to an activating group) is 1. The Bertz CT molecular complexity index is 466. The number of rotatable bonds is 2. The quantitative estimate of drug-likeness (QED) is 0.874. The topological polar surface area (TPSA) is 49.6 Å². The van der Waals surface area contributed by atoms with Crippen LogP contribution in [0.5, 0.6) is 0 Å². The molecule has 1 heterocycles. The Kier molecular flexibility index (Phi) is 4.17. The fourth-order valence-corrected chi connectivity index (χ4v) is 2.53. The molecule has 4 nitrogen and oxygen atoms in total. The maximum absolute atomic E-state index is 13.4. The molecular weight excluding hydrogens is 245 g/mol. The van der Waals surface area contributed by atoms with Gasteiger partial charge in [-0.3, -0.25) is 9.69 Å². The van der Waals surface area contributed by atoms with Gasteiger partial charge in [0.2, 0.25) is 5.91 Å². The highest BCUT2D eigenvalue weighted by Gasteiger charge is 2.34. The predicted molar refractivity (Wildman–Crippen MR) is 73.4 cm³/mol. The van der Waals surface area contributed by atoms with Crippen molar-refractivity contribution >= 4 is 11.6 Å². The fourth-order valence-electron chi connectivity index (χ4n) is 2.53. The first kappa shape index (κ1) is 14.0. The van der Waals surface area contributed by atoms with E-state index >= 15 is 0 Å². The molecular formula is C14H20FN3O. The molecule has 2 rings (SSSR count). The Morgan fingerprint density at radius 1 is 1.47 bits per heavy atom. The molecule has 0 aliphatic carbocycles. The van der Waals surface area contributed by atoms with Crippen molar-refractivity contribution in [3.05, 3.63) is 30.1 Å². The highest BCUT2D eigenvalue weighted by Crippen LogP contribution is 2.24. The van der Waals surface area contributed by atoms with Crippen LogP contribution >= 0.6 is 0 Å². The van der Waals surface area contributed by atoms with Crippen molar-refractivity contribution in [2.75, 3.05) is 25.0 Å². The number of benzene rings is 1. The molecule has 1 saturated heterocycles. The number of carbonyl (C=O) groups is 1. The lowest BCUT2D eigenvalue weighted by atomic mass is 10.1. The molecule has 0 bridgehead atoms. The van der Waals surface area contributed by atoms with E-state index in [-0.39, 0.29) is 30.4 Å². The standard InChI is InChI=1S/C14H20FN3O/c1-10-6-7-17(2)13(9-16)14(19)18(10)12-5-3-4-11(15)8-12/h3-5,8,10,13H,6-7,9,16H2,1-2H3. The van der Waals surface area contributed by atoms with E-state index in [1.807, 2.05) is 18.9 Å². The van der Waals surface area contributed by atoms with Crippen LogP contribution in [0.2, 0.25) is 0 Å². The maximum Gasteiger partial charge on any atom is 0.245 e. The van der Waals surface area contributed by atoms with Gasteiger partial charge in [-0.25, -0.2) is 4.39 Å². The van der Waals surface area contributed by atoms with E-state index in [0.29, 0.717) is 5.69 Å². The summed E-state index contributed by atoms with van der Waals surface area (Å²) in [5, 5.41) is 0. The van der Waals surface area contributed by atoms with Crippen molar-refractivity contribution in [3.63, 3.8) is 0 Å². The first-order chi connectivity index (χ1) is 9.04. The summed E-state index contributed by atoms with van der Waals surface area (Å²) in [5.41, 5.74) is 6.31. The lowest BCUT2D eigenvalue weighted by Gasteiger charge is -2.30. The van der Waals surface area contributed by atoms with Crippen LogP contribution in [0.15, 0.2) is 24.3 Å². The number of nitrogens with zero attached hydrogens (tertiary/aromatic N) is 2. The molecule has 1 aromatic rings. The monoisotopic (exact) mass is 265 g/mol. The van der Waals surface area contributed by atoms with Gasteiger partial charge in [-0.2, -0.15) is 0 Å². The Labute approximate surface area is 113 Å². The lowest BCUT2D eigenvalue weighted by molar-refractivity contribution is -0.122. The zero-order valence-corrected chi connectivity index (χ0v) is 11.3. The molecule has 1 fully saturated rings. The van der Waals surface area contributed by atoms with Gasteiger partial charge in [-0.05, 0) is 38.6 Å². The van der Waals surface area contributed by atoms with Gasteiger partial charge < -0.3 is 10.6 Å². The van der Waals surface area contributed by atoms with Crippen LogP contribution < -0.4 is 10.6 Å². The zero-order chi connectivity index (χ0) is 14.0. The Morgan fingerprint density at radius 3 is 2.84 bits per heavy atom. The van der Waals surface area contributed by atoms with Gasteiger partial charge in [0, 0.05) is 24.8 Å². The molecule has 0 saturated carbocycles. The average Bonchev–Trinajstić information content (AvgIpc) is 2.47. The third-order valence-electron chi connectivity index (χ3n) is 3.70. The van der Waals surface area contributed by atoms with Gasteiger partial charge in [0.25, 0.3) is 0 Å². The molecule has 5 heteroatoms. The summed E-state index contributed by atoms with van der Waals surface area (Å²) in [6.45, 7) is 3.06. The summed E-state index contributed by atoms with van der Waals surface area (Å²) >= 11 is 0. The molecule has 1 aliphatic heterocycles. The minimum atomic E-state index is -0.340. The third kappa shape index (κ3) is 2.77. The summed E-state index contributed by atoms with van der Waals surface area (Å²) in [7, 11) is 1.90. The van der Waals surface area contributed by atoms with Crippen LogP contribution in [0.25, 0.3) is 0 Å². The summed E-state index contributed by atoms with van der Waals surface area (Å²) in [5.74, 6) is -0.389. The second-order valence-corrected chi connectivity index (χ2v) is 5.06. The van der Waals surface area contributed by atoms with E-state index < -0.39 is 0 Å². The van der Waals surface area contributed by atoms with Crippen molar-refractivity contribution < 1.29 is 9.18 Å². The minimum Gasteiger partial charge on any atom is -0.328 e. The predicted octanol–water partition coefficient (Wildman–Crippen LogP) is 1.21. The zero-order valence-electron chi connectivity index (χ0n) is 11.3. The number of anilines is 1. The van der Waals surface area contributed by atoms with E-state index in [1.54, 1.807) is 17.0 Å². The van der Waals surface area contributed by atoms with Crippen LogP contribution in [-0.4, -0.2) is 43.0 Å². The van der Waals surface area contributed by atoms with Crippen LogP contribution in [0.4, 0.5) is 10.1 Å². The second-order valence-electron chi connectivity index (χ2n) is 5.06. The van der Waals surface area contributed by atoms with Crippen molar-refractivity contribution in [2.45, 2.75) is 25.4 Å². The number of hydrogen-bond acceptors (Lipinski definition) is 3. The van der Waals surface area contributed by atoms with E-state index in [9.17, 15) is 9.18 Å². The highest BCUT2D eigenvalue weighted by molar-refractivity contribution is 5.98. The molecule has 0 radical (unpaired) electrons. The van der Waals surface area contributed by atoms with Crippen molar-refractivity contribution in [3.8, 4) is 0 Å². The van der Waals surface area contributed by atoms with Gasteiger partial charge in [0.05, 0.1) is 0 Å². The first-order valence-electron chi connectivity index (χ1n) is 6.53. The van der Waals surface area contributed by atoms with Crippen molar-refractivity contribution in [1.29, 1.82) is 0 Å². The van der Waals surface area contributed by atoms with Gasteiger partial charge in [0.1, 0.15) is 11.9 Å². The van der Waals surface area contributed by atoms with Crippen LogP contribution in [0.3, 0.4) is 0 Å². The van der Waals surface area contributed by atoms with Crippen LogP contribution in [0.1, 0.15) is 13.3 Å². The van der Waals surface area contributed by atoms with Gasteiger partial charge >= 0.3 is 0 Å². The average molecular weight is 265 g/mol. The fraction of sp³-hybridized carbons (Fsp3) is 0.500. The largest absolute Gasteiger partial charge is 0.328 e. The van der Waals surface area contributed by atoms with Gasteiger partial charge in [-0.15, -0.1) is 0 Å². The van der Waals surface area contributed by atoms with Gasteiger partial charge in [0.15, 0.2) is 0 Å². The number of amides is 1. The van der Waals surface area contributed by atoms with Crippen molar-refractivity contribution in [1.82, 2.24) is 4.90 Å². The Balaban J connectivity index is 2.38. The third-order valence-corrected chi connectivity index (χ3v) is 3.70. The second kappa shape index (κ2) is 5.67. The van der Waals surface area contributed by atoms with E-state index in [0.717, 1.165) is 13.0 Å². The van der Waals surface area contributed by atoms with E-state index in [1.165, 1.54) is 12.1 Å². The number of hydrogen-bond donors (Lipinski definition) is 1. The maximum atomic E-state index is 13.4. The summed E-state index contributed by atoms with van der Waals surface area (Å²) in [6, 6.07) is 5.85. The van der Waals surface area contributed by atoms with Crippen LogP contribution in [-0.2, 0) is 4.79 Å². The molecule has 104 valence electrons. The molecule has 2 unspecified atom stereocenters.